The van der Waals surface area contributed by atoms with E-state index in [9.17, 15) is 0 Å². The summed E-state index contributed by atoms with van der Waals surface area (Å²) in [4.78, 5) is 0. The monoisotopic (exact) mass is 472 g/mol. The Balaban J connectivity index is 1.33. The molecular weight excluding hydrogens is 416 g/mol. The van der Waals surface area contributed by atoms with Crippen LogP contribution in [0.4, 0.5) is 0 Å². The third kappa shape index (κ3) is 4.04. The fraction of sp³-hybridized carbons (Fsp3) is 1.00. The maximum atomic E-state index is 6.44. The second-order valence-electron chi connectivity index (χ2n) is 15.0. The quantitative estimate of drug-likeness (QED) is 0.385. The van der Waals surface area contributed by atoms with Gasteiger partial charge in [-0.3, -0.25) is 0 Å². The summed E-state index contributed by atoms with van der Waals surface area (Å²) in [6.07, 6.45) is 15.7. The molecule has 5 rings (SSSR count). The van der Waals surface area contributed by atoms with Gasteiger partial charge in [0.15, 0.2) is 5.79 Å². The first kappa shape index (κ1) is 25.6. The highest BCUT2D eigenvalue weighted by Crippen LogP contribution is 2.70. The van der Waals surface area contributed by atoms with Crippen molar-refractivity contribution in [2.75, 3.05) is 13.2 Å². The van der Waals surface area contributed by atoms with E-state index in [1.165, 1.54) is 64.2 Å². The Morgan fingerprint density at radius 2 is 1.44 bits per heavy atom. The smallest absolute Gasteiger partial charge is 0.171 e. The molecule has 9 unspecified atom stereocenters. The molecule has 0 aromatic rings. The number of fused-ring (bicyclic) bond motifs is 5. The number of hydrogen-bond donors (Lipinski definition) is 0. The molecule has 5 fully saturated rings. The van der Waals surface area contributed by atoms with Crippen LogP contribution in [0.15, 0.2) is 0 Å². The van der Waals surface area contributed by atoms with Gasteiger partial charge in [0.1, 0.15) is 0 Å². The zero-order valence-corrected chi connectivity index (χ0v) is 23.7. The summed E-state index contributed by atoms with van der Waals surface area (Å²) >= 11 is 0. The van der Waals surface area contributed by atoms with Crippen LogP contribution in [-0.4, -0.2) is 19.0 Å². The largest absolute Gasteiger partial charge is 0.347 e. The fourth-order valence-corrected chi connectivity index (χ4v) is 10.9. The van der Waals surface area contributed by atoms with Gasteiger partial charge in [-0.25, -0.2) is 0 Å². The molecule has 1 heterocycles. The first-order valence-corrected chi connectivity index (χ1v) is 15.4. The van der Waals surface area contributed by atoms with Crippen LogP contribution in [0.1, 0.15) is 119 Å². The third-order valence-electron chi connectivity index (χ3n) is 12.6. The molecule has 0 radical (unpaired) electrons. The molecule has 5 aliphatic rings. The van der Waals surface area contributed by atoms with Gasteiger partial charge in [-0.1, -0.05) is 67.7 Å². The predicted octanol–water partition coefficient (Wildman–Crippen LogP) is 8.73. The zero-order valence-electron chi connectivity index (χ0n) is 23.7. The van der Waals surface area contributed by atoms with Crippen LogP contribution in [0.5, 0.6) is 0 Å². The Hall–Kier alpha value is -0.0800. The van der Waals surface area contributed by atoms with E-state index >= 15 is 0 Å². The predicted molar refractivity (Wildman–Crippen MR) is 141 cm³/mol. The topological polar surface area (TPSA) is 18.5 Å². The Bertz CT molecular complexity index is 708. The molecule has 0 aromatic heterocycles. The van der Waals surface area contributed by atoms with Gasteiger partial charge in [0.25, 0.3) is 0 Å². The normalized spacial score (nSPS) is 46.5. The summed E-state index contributed by atoms with van der Waals surface area (Å²) in [7, 11) is 0. The lowest BCUT2D eigenvalue weighted by Gasteiger charge is -2.64. The van der Waals surface area contributed by atoms with E-state index in [1.54, 1.807) is 0 Å². The molecule has 1 spiro atoms. The van der Waals surface area contributed by atoms with Crippen molar-refractivity contribution >= 4 is 0 Å². The number of ether oxygens (including phenoxy) is 2. The van der Waals surface area contributed by atoms with Gasteiger partial charge < -0.3 is 9.47 Å². The van der Waals surface area contributed by atoms with Crippen LogP contribution in [0, 0.1) is 64.1 Å². The Morgan fingerprint density at radius 3 is 2.12 bits per heavy atom. The number of hydrogen-bond acceptors (Lipinski definition) is 2. The van der Waals surface area contributed by atoms with Crippen molar-refractivity contribution in [2.45, 2.75) is 125 Å². The van der Waals surface area contributed by atoms with Gasteiger partial charge in [-0.15, -0.1) is 0 Å². The van der Waals surface area contributed by atoms with Crippen LogP contribution < -0.4 is 0 Å². The molecule has 34 heavy (non-hydrogen) atoms. The van der Waals surface area contributed by atoms with E-state index in [1.807, 2.05) is 0 Å². The third-order valence-corrected chi connectivity index (χ3v) is 12.6. The van der Waals surface area contributed by atoms with Gasteiger partial charge in [0, 0.05) is 12.3 Å². The zero-order chi connectivity index (χ0) is 24.3. The highest BCUT2D eigenvalue weighted by atomic mass is 16.7. The minimum atomic E-state index is -0.266. The van der Waals surface area contributed by atoms with Gasteiger partial charge in [-0.05, 0) is 103 Å². The van der Waals surface area contributed by atoms with Gasteiger partial charge in [0.05, 0.1) is 13.2 Å². The first-order chi connectivity index (χ1) is 16.1. The number of rotatable bonds is 6. The second-order valence-corrected chi connectivity index (χ2v) is 15.0. The van der Waals surface area contributed by atoms with Crippen LogP contribution >= 0.6 is 0 Å². The standard InChI is InChI=1S/C32H56O2/c1-21(2)9-8-10-23(5)26-13-14-27-25-12-11-24-19-32(33-17-18-34-32)29(22(3)4)20-31(24,7)28(25)15-16-30(26,27)6/h21-29H,8-20H2,1-7H3. The van der Waals surface area contributed by atoms with E-state index in [0.29, 0.717) is 22.7 Å². The lowest BCUT2D eigenvalue weighted by atomic mass is 9.42. The molecule has 2 nitrogen and oxygen atoms in total. The average Bonchev–Trinajstić information content (AvgIpc) is 3.38. The van der Waals surface area contributed by atoms with Crippen molar-refractivity contribution in [3.63, 3.8) is 0 Å². The minimum Gasteiger partial charge on any atom is -0.347 e. The van der Waals surface area contributed by atoms with Crippen molar-refractivity contribution in [1.29, 1.82) is 0 Å². The molecule has 2 heteroatoms. The Morgan fingerprint density at radius 1 is 0.735 bits per heavy atom. The lowest BCUT2D eigenvalue weighted by Crippen LogP contribution is -2.60. The molecule has 4 aliphatic carbocycles. The summed E-state index contributed by atoms with van der Waals surface area (Å²) < 4.78 is 12.9. The Kier molecular flexibility index (Phi) is 7.02. The van der Waals surface area contributed by atoms with Crippen molar-refractivity contribution in [1.82, 2.24) is 0 Å². The molecular formula is C32H56O2. The first-order valence-electron chi connectivity index (χ1n) is 15.4. The van der Waals surface area contributed by atoms with Crippen LogP contribution in [0.2, 0.25) is 0 Å². The van der Waals surface area contributed by atoms with Crippen molar-refractivity contribution < 1.29 is 9.47 Å². The van der Waals surface area contributed by atoms with E-state index in [2.05, 4.69) is 48.5 Å². The summed E-state index contributed by atoms with van der Waals surface area (Å²) in [5, 5.41) is 0. The highest BCUT2D eigenvalue weighted by molar-refractivity contribution is 5.12. The second kappa shape index (κ2) is 9.34. The summed E-state index contributed by atoms with van der Waals surface area (Å²) in [5.41, 5.74) is 1.09. The maximum absolute atomic E-state index is 6.44. The Labute approximate surface area is 211 Å². The van der Waals surface area contributed by atoms with E-state index < -0.39 is 0 Å². The van der Waals surface area contributed by atoms with Crippen molar-refractivity contribution in [3.05, 3.63) is 0 Å². The molecule has 0 bridgehead atoms. The molecule has 0 aromatic carbocycles. The van der Waals surface area contributed by atoms with E-state index in [0.717, 1.165) is 61.1 Å². The van der Waals surface area contributed by atoms with E-state index in [-0.39, 0.29) is 5.79 Å². The van der Waals surface area contributed by atoms with Crippen molar-refractivity contribution in [3.8, 4) is 0 Å². The molecule has 0 N–H and O–H groups in total. The van der Waals surface area contributed by atoms with Crippen molar-refractivity contribution in [2.24, 2.45) is 64.1 Å². The fourth-order valence-electron chi connectivity index (χ4n) is 10.9. The average molecular weight is 473 g/mol. The molecule has 9 atom stereocenters. The summed E-state index contributed by atoms with van der Waals surface area (Å²) in [6.45, 7) is 19.3. The summed E-state index contributed by atoms with van der Waals surface area (Å²) in [6, 6.07) is 0. The minimum absolute atomic E-state index is 0.266. The van der Waals surface area contributed by atoms with Gasteiger partial charge in [-0.2, -0.15) is 0 Å². The highest BCUT2D eigenvalue weighted by Gasteiger charge is 2.64. The molecule has 0 amide bonds. The summed E-state index contributed by atoms with van der Waals surface area (Å²) in [5.74, 6) is 7.33. The van der Waals surface area contributed by atoms with Crippen LogP contribution in [-0.2, 0) is 9.47 Å². The molecule has 4 saturated carbocycles. The maximum Gasteiger partial charge on any atom is 0.171 e. The van der Waals surface area contributed by atoms with Gasteiger partial charge >= 0.3 is 0 Å². The SMILES string of the molecule is CC(C)CCCC(C)C1CCC2C3CCC4CC5(OCCO5)C(C(C)C)CC4(C)C3CCC12C. The lowest BCUT2D eigenvalue weighted by molar-refractivity contribution is -0.269. The molecule has 196 valence electrons. The molecule has 1 aliphatic heterocycles. The molecule has 1 saturated heterocycles. The van der Waals surface area contributed by atoms with Crippen LogP contribution in [0.25, 0.3) is 0 Å². The van der Waals surface area contributed by atoms with Gasteiger partial charge in [0.2, 0.25) is 0 Å². The van der Waals surface area contributed by atoms with E-state index in [4.69, 9.17) is 9.47 Å². The van der Waals surface area contributed by atoms with Crippen LogP contribution in [0.3, 0.4) is 0 Å².